The average molecular weight is 471 g/mol. The van der Waals surface area contributed by atoms with Crippen molar-refractivity contribution in [1.82, 2.24) is 0 Å². The fraction of sp³-hybridized carbons (Fsp3) is 0.846. The Kier molecular flexibility index (Phi) is 15.0. The van der Waals surface area contributed by atoms with Crippen LogP contribution in [-0.2, 0) is 14.3 Å². The lowest BCUT2D eigenvalue weighted by atomic mass is 9.69. The summed E-state index contributed by atoms with van der Waals surface area (Å²) in [6.45, 7) is 4.10. The number of methoxy groups -OCH3 is 1. The third-order valence-electron chi connectivity index (χ3n) is 6.73. The SMILES string of the molecule is CCCCCCCCCCCCCC=C1CC[C@@](C)(CC(=O)O)[C@H](O)[C@H]1SCC(=O)OC. The zero-order valence-corrected chi connectivity index (χ0v) is 21.4. The number of carbonyl (C=O) groups excluding carboxylic acids is 1. The third-order valence-corrected chi connectivity index (χ3v) is 8.05. The number of ether oxygens (including phenoxy) is 1. The summed E-state index contributed by atoms with van der Waals surface area (Å²) in [5, 5.41) is 20.0. The molecule has 0 aliphatic heterocycles. The summed E-state index contributed by atoms with van der Waals surface area (Å²) < 4.78 is 4.75. The molecule has 0 aromatic carbocycles. The summed E-state index contributed by atoms with van der Waals surface area (Å²) in [6, 6.07) is 0. The zero-order chi connectivity index (χ0) is 23.8. The molecule has 32 heavy (non-hydrogen) atoms. The van der Waals surface area contributed by atoms with Crippen molar-refractivity contribution < 1.29 is 24.5 Å². The molecule has 0 bridgehead atoms. The Morgan fingerprint density at radius 3 is 2.16 bits per heavy atom. The quantitative estimate of drug-likeness (QED) is 0.143. The summed E-state index contributed by atoms with van der Waals surface area (Å²) in [4.78, 5) is 23.0. The number of aliphatic hydroxyl groups is 1. The van der Waals surface area contributed by atoms with Crippen LogP contribution in [0, 0.1) is 5.41 Å². The third kappa shape index (κ3) is 11.2. The highest BCUT2D eigenvalue weighted by molar-refractivity contribution is 8.00. The number of unbranched alkanes of at least 4 members (excludes halogenated alkanes) is 11. The van der Waals surface area contributed by atoms with Gasteiger partial charge in [0.1, 0.15) is 0 Å². The number of carboxylic acids is 1. The van der Waals surface area contributed by atoms with Gasteiger partial charge in [-0.15, -0.1) is 11.8 Å². The highest BCUT2D eigenvalue weighted by atomic mass is 32.2. The number of hydrogen-bond donors (Lipinski definition) is 2. The average Bonchev–Trinajstić information content (AvgIpc) is 2.75. The van der Waals surface area contributed by atoms with Crippen molar-refractivity contribution in [1.29, 1.82) is 0 Å². The Morgan fingerprint density at radius 1 is 1.06 bits per heavy atom. The van der Waals surface area contributed by atoms with Crippen LogP contribution in [0.4, 0.5) is 0 Å². The fourth-order valence-electron chi connectivity index (χ4n) is 4.56. The van der Waals surface area contributed by atoms with E-state index in [4.69, 9.17) is 4.74 Å². The normalized spacial score (nSPS) is 24.6. The van der Waals surface area contributed by atoms with Gasteiger partial charge in [0.05, 0.1) is 30.6 Å². The Hall–Kier alpha value is -1.01. The van der Waals surface area contributed by atoms with Crippen molar-refractivity contribution in [2.75, 3.05) is 12.9 Å². The highest BCUT2D eigenvalue weighted by Gasteiger charge is 2.45. The van der Waals surface area contributed by atoms with Crippen LogP contribution in [0.15, 0.2) is 11.6 Å². The number of carboxylic acid groups (broad SMARTS) is 1. The van der Waals surface area contributed by atoms with Gasteiger partial charge in [0.15, 0.2) is 0 Å². The van der Waals surface area contributed by atoms with Gasteiger partial charge in [0.25, 0.3) is 0 Å². The van der Waals surface area contributed by atoms with Crippen molar-refractivity contribution in [3.63, 3.8) is 0 Å². The first-order valence-electron chi connectivity index (χ1n) is 12.6. The monoisotopic (exact) mass is 470 g/mol. The fourth-order valence-corrected chi connectivity index (χ4v) is 5.93. The molecule has 2 N–H and O–H groups in total. The number of thioether (sulfide) groups is 1. The van der Waals surface area contributed by atoms with E-state index in [0.29, 0.717) is 6.42 Å². The smallest absolute Gasteiger partial charge is 0.315 e. The number of rotatable bonds is 17. The van der Waals surface area contributed by atoms with Crippen molar-refractivity contribution >= 4 is 23.7 Å². The molecule has 186 valence electrons. The number of aliphatic hydroxyl groups excluding tert-OH is 1. The molecule has 6 heteroatoms. The summed E-state index contributed by atoms with van der Waals surface area (Å²) >= 11 is 1.37. The Bertz CT molecular complexity index is 577. The van der Waals surface area contributed by atoms with Crippen LogP contribution in [0.3, 0.4) is 0 Å². The summed E-state index contributed by atoms with van der Waals surface area (Å²) in [6.07, 6.45) is 18.3. The van der Waals surface area contributed by atoms with Crippen LogP contribution in [0.2, 0.25) is 0 Å². The van der Waals surface area contributed by atoms with E-state index in [1.807, 2.05) is 6.92 Å². The van der Waals surface area contributed by atoms with Crippen molar-refractivity contribution in [3.8, 4) is 0 Å². The van der Waals surface area contributed by atoms with Crippen LogP contribution >= 0.6 is 11.8 Å². The molecule has 0 saturated heterocycles. The molecule has 0 amide bonds. The Morgan fingerprint density at radius 2 is 1.62 bits per heavy atom. The molecular formula is C26H46O5S. The molecule has 1 saturated carbocycles. The second kappa shape index (κ2) is 16.6. The second-order valence-electron chi connectivity index (χ2n) is 9.58. The largest absolute Gasteiger partial charge is 0.481 e. The van der Waals surface area contributed by atoms with Gasteiger partial charge in [-0.1, -0.05) is 89.7 Å². The first-order chi connectivity index (χ1) is 15.3. The molecule has 1 fully saturated rings. The Labute approximate surface area is 199 Å². The van der Waals surface area contributed by atoms with Gasteiger partial charge >= 0.3 is 11.9 Å². The standard InChI is InChI=1S/C26H46O5S/c1-4-5-6-7-8-9-10-11-12-13-14-15-16-21-17-18-26(2,19-22(27)28)25(30)24(21)32-20-23(29)31-3/h16,24-25,30H,4-15,17-20H2,1-3H3,(H,27,28)/t24-,25+,26-/m0/s1. The predicted octanol–water partition coefficient (Wildman–Crippen LogP) is 6.52. The lowest BCUT2D eigenvalue weighted by Crippen LogP contribution is -2.46. The van der Waals surface area contributed by atoms with E-state index < -0.39 is 17.5 Å². The minimum Gasteiger partial charge on any atom is -0.481 e. The molecular weight excluding hydrogens is 424 g/mol. The first-order valence-corrected chi connectivity index (χ1v) is 13.7. The van der Waals surface area contributed by atoms with Gasteiger partial charge in [-0.25, -0.2) is 0 Å². The molecule has 0 heterocycles. The van der Waals surface area contributed by atoms with Crippen LogP contribution in [0.5, 0.6) is 0 Å². The van der Waals surface area contributed by atoms with Crippen LogP contribution in [-0.4, -0.2) is 46.4 Å². The lowest BCUT2D eigenvalue weighted by Gasteiger charge is -2.43. The molecule has 0 aromatic rings. The number of esters is 1. The lowest BCUT2D eigenvalue weighted by molar-refractivity contribution is -0.142. The number of aliphatic carboxylic acids is 1. The maximum Gasteiger partial charge on any atom is 0.315 e. The second-order valence-corrected chi connectivity index (χ2v) is 10.7. The van der Waals surface area contributed by atoms with Crippen LogP contribution in [0.25, 0.3) is 0 Å². The molecule has 0 radical (unpaired) electrons. The molecule has 0 aromatic heterocycles. The van der Waals surface area contributed by atoms with Crippen molar-refractivity contribution in [3.05, 3.63) is 11.6 Å². The summed E-state index contributed by atoms with van der Waals surface area (Å²) in [7, 11) is 1.36. The van der Waals surface area contributed by atoms with Gasteiger partial charge in [0, 0.05) is 5.41 Å². The van der Waals surface area contributed by atoms with Gasteiger partial charge in [-0.3, -0.25) is 9.59 Å². The van der Waals surface area contributed by atoms with Crippen molar-refractivity contribution in [2.45, 2.75) is 122 Å². The van der Waals surface area contributed by atoms with Crippen LogP contribution < -0.4 is 0 Å². The van der Waals surface area contributed by atoms with Crippen LogP contribution in [0.1, 0.15) is 110 Å². The summed E-state index contributed by atoms with van der Waals surface area (Å²) in [5.41, 5.74) is 0.481. The van der Waals surface area contributed by atoms with Gasteiger partial charge in [0.2, 0.25) is 0 Å². The van der Waals surface area contributed by atoms with E-state index in [2.05, 4.69) is 13.0 Å². The molecule has 3 atom stereocenters. The molecule has 0 unspecified atom stereocenters. The molecule has 0 spiro atoms. The Balaban J connectivity index is 2.43. The predicted molar refractivity (Wildman–Crippen MR) is 133 cm³/mol. The van der Waals surface area contributed by atoms with Crippen molar-refractivity contribution in [2.24, 2.45) is 5.41 Å². The minimum absolute atomic E-state index is 0.0602. The van der Waals surface area contributed by atoms with E-state index in [1.54, 1.807) is 0 Å². The highest BCUT2D eigenvalue weighted by Crippen LogP contribution is 2.46. The van der Waals surface area contributed by atoms with E-state index in [9.17, 15) is 19.8 Å². The maximum absolute atomic E-state index is 11.6. The molecule has 5 nitrogen and oxygen atoms in total. The topological polar surface area (TPSA) is 83.8 Å². The maximum atomic E-state index is 11.6. The number of carbonyl (C=O) groups is 2. The minimum atomic E-state index is -0.892. The zero-order valence-electron chi connectivity index (χ0n) is 20.6. The molecule has 1 aliphatic carbocycles. The first kappa shape index (κ1) is 29.0. The number of hydrogen-bond acceptors (Lipinski definition) is 5. The molecule has 1 rings (SSSR count). The van der Waals surface area contributed by atoms with Gasteiger partial charge in [-0.05, 0) is 25.7 Å². The van der Waals surface area contributed by atoms with Gasteiger partial charge < -0.3 is 14.9 Å². The van der Waals surface area contributed by atoms with E-state index >= 15 is 0 Å². The van der Waals surface area contributed by atoms with E-state index in [0.717, 1.165) is 24.8 Å². The number of allylic oxidation sites excluding steroid dienone is 1. The van der Waals surface area contributed by atoms with E-state index in [1.165, 1.54) is 83.1 Å². The van der Waals surface area contributed by atoms with Gasteiger partial charge in [-0.2, -0.15) is 0 Å². The van der Waals surface area contributed by atoms with E-state index in [-0.39, 0.29) is 23.4 Å². The molecule has 1 aliphatic rings. The summed E-state index contributed by atoms with van der Waals surface area (Å²) in [5.74, 6) is -1.05.